The van der Waals surface area contributed by atoms with Gasteiger partial charge < -0.3 is 17.7 Å². The lowest BCUT2D eigenvalue weighted by Crippen LogP contribution is -2.26. The van der Waals surface area contributed by atoms with Gasteiger partial charge in [-0.25, -0.2) is 0 Å². The van der Waals surface area contributed by atoms with Crippen molar-refractivity contribution in [1.29, 1.82) is 0 Å². The normalized spacial score (nSPS) is 11.5. The van der Waals surface area contributed by atoms with E-state index in [1.165, 1.54) is 0 Å². The van der Waals surface area contributed by atoms with Gasteiger partial charge in [0.25, 0.3) is 0 Å². The summed E-state index contributed by atoms with van der Waals surface area (Å²) in [6, 6.07) is 5.24. The highest BCUT2D eigenvalue weighted by molar-refractivity contribution is 6.58. The van der Waals surface area contributed by atoms with Crippen LogP contribution in [0.5, 0.6) is 5.75 Å². The van der Waals surface area contributed by atoms with Gasteiger partial charge >= 0.3 is 6.98 Å². The second-order valence-corrected chi connectivity index (χ2v) is 3.24. The van der Waals surface area contributed by atoms with E-state index in [-0.39, 0.29) is 0 Å². The minimum Gasteiger partial charge on any atom is -0.521 e. The fraction of sp³-hybridized carbons (Fsp3) is 0.333. The molecule has 0 spiro atoms. The molecular weight excluding hydrogens is 192 g/mol. The maximum absolute atomic E-state index is 11.9. The van der Waals surface area contributed by atoms with Crippen LogP contribution in [0.4, 0.5) is 12.9 Å². The number of ether oxygens (including phenoxy) is 1. The van der Waals surface area contributed by atoms with E-state index in [1.54, 1.807) is 32.0 Å². The van der Waals surface area contributed by atoms with Crippen LogP contribution in [0.25, 0.3) is 0 Å². The molecule has 5 heteroatoms. The first-order chi connectivity index (χ1) is 6.40. The highest BCUT2D eigenvalue weighted by Gasteiger charge is 2.24. The lowest BCUT2D eigenvalue weighted by molar-refractivity contribution is 0.310. The van der Waals surface area contributed by atoms with Crippen LogP contribution in [0.2, 0.25) is 0 Å². The van der Waals surface area contributed by atoms with Gasteiger partial charge in [-0.15, -0.1) is 0 Å². The van der Waals surface area contributed by atoms with Gasteiger partial charge in [0.1, 0.15) is 5.75 Å². The second kappa shape index (κ2) is 3.94. The van der Waals surface area contributed by atoms with Crippen LogP contribution < -0.4 is 4.74 Å². The molecule has 0 aromatic heterocycles. The van der Waals surface area contributed by atoms with Gasteiger partial charge in [0.15, 0.2) is 0 Å². The van der Waals surface area contributed by atoms with Gasteiger partial charge in [-0.2, -0.15) is 0 Å². The Bertz CT molecular complexity index is 302. The minimum absolute atomic E-state index is 0.340. The molecule has 0 aliphatic rings. The van der Waals surface area contributed by atoms with Crippen molar-refractivity contribution in [3.63, 3.8) is 0 Å². The first-order valence-corrected chi connectivity index (χ1v) is 4.30. The maximum Gasteiger partial charge on any atom is 0.515 e. The average Bonchev–Trinajstić information content (AvgIpc) is 2.01. The molecule has 1 rings (SSSR count). The molecule has 0 atom stereocenters. The Hall–Kier alpha value is -1.13. The third-order valence-electron chi connectivity index (χ3n) is 1.83. The number of hydrogen-bond donors (Lipinski definition) is 0. The zero-order valence-electron chi connectivity index (χ0n) is 8.06. The summed E-state index contributed by atoms with van der Waals surface area (Å²) < 4.78 is 40.6. The van der Waals surface area contributed by atoms with Crippen molar-refractivity contribution in [3.05, 3.63) is 29.3 Å². The predicted octanol–water partition coefficient (Wildman–Crippen LogP) is 3.07. The lowest BCUT2D eigenvalue weighted by atomic mass is 9.94. The van der Waals surface area contributed by atoms with Crippen LogP contribution in [0.1, 0.15) is 11.1 Å². The van der Waals surface area contributed by atoms with Gasteiger partial charge in [-0.1, -0.05) is 18.2 Å². The number of rotatable bonds is 3. The van der Waals surface area contributed by atoms with Crippen molar-refractivity contribution >= 4 is 6.98 Å². The van der Waals surface area contributed by atoms with Crippen LogP contribution in [0.3, 0.4) is 0 Å². The fourth-order valence-electron chi connectivity index (χ4n) is 1.20. The molecule has 1 nitrogen and oxygen atoms in total. The van der Waals surface area contributed by atoms with E-state index in [0.29, 0.717) is 5.75 Å². The molecule has 0 amide bonds. The lowest BCUT2D eigenvalue weighted by Gasteiger charge is -2.17. The van der Waals surface area contributed by atoms with Gasteiger partial charge in [0, 0.05) is 0 Å². The molecule has 0 aliphatic carbocycles. The summed E-state index contributed by atoms with van der Waals surface area (Å²) in [4.78, 5) is 0. The highest BCUT2D eigenvalue weighted by atomic mass is 19.4. The molecule has 0 saturated carbocycles. The summed E-state index contributed by atoms with van der Waals surface area (Å²) >= 11 is 0. The number of para-hydroxylation sites is 1. The molecule has 0 bridgehead atoms. The number of benzene rings is 1. The first-order valence-electron chi connectivity index (χ1n) is 4.30. The van der Waals surface area contributed by atoms with Crippen LogP contribution in [0, 0.1) is 13.8 Å². The van der Waals surface area contributed by atoms with Gasteiger partial charge in [0.05, 0.1) is 6.51 Å². The largest absolute Gasteiger partial charge is 0.521 e. The summed E-state index contributed by atoms with van der Waals surface area (Å²) in [7, 11) is 0. The standard InChI is InChI=1S/C9H11BF3O/c1-7-4-3-5-8(2)9(7)14-6-10(11,12)13/h3-5H,6H2,1-2H3/q-1. The molecule has 0 N–H and O–H groups in total. The van der Waals surface area contributed by atoms with E-state index in [2.05, 4.69) is 0 Å². The Kier molecular flexibility index (Phi) is 3.08. The summed E-state index contributed by atoms with van der Waals surface area (Å²) in [5, 5.41) is 0. The molecule has 0 fully saturated rings. The number of hydrogen-bond acceptors (Lipinski definition) is 1. The Balaban J connectivity index is 2.77. The third kappa shape index (κ3) is 2.98. The van der Waals surface area contributed by atoms with Crippen molar-refractivity contribution in [2.45, 2.75) is 13.8 Å². The zero-order valence-corrected chi connectivity index (χ0v) is 8.06. The van der Waals surface area contributed by atoms with Crippen LogP contribution in [0.15, 0.2) is 18.2 Å². The summed E-state index contributed by atoms with van der Waals surface area (Å²) in [5.41, 5.74) is 1.45. The van der Waals surface area contributed by atoms with Gasteiger partial charge in [-0.05, 0) is 25.0 Å². The topological polar surface area (TPSA) is 9.23 Å². The quantitative estimate of drug-likeness (QED) is 0.685. The first kappa shape index (κ1) is 11.0. The summed E-state index contributed by atoms with van der Waals surface area (Å²) in [6.45, 7) is -2.60. The molecule has 0 aliphatic heterocycles. The molecule has 78 valence electrons. The van der Waals surface area contributed by atoms with E-state index in [0.717, 1.165) is 11.1 Å². The highest BCUT2D eigenvalue weighted by Crippen LogP contribution is 2.23. The van der Waals surface area contributed by atoms with E-state index in [9.17, 15) is 12.9 Å². The van der Waals surface area contributed by atoms with Crippen molar-refractivity contribution in [2.75, 3.05) is 6.51 Å². The van der Waals surface area contributed by atoms with Crippen molar-refractivity contribution in [2.24, 2.45) is 0 Å². The average molecular weight is 203 g/mol. The molecule has 1 aromatic rings. The third-order valence-corrected chi connectivity index (χ3v) is 1.83. The Morgan fingerprint density at radius 1 is 1.14 bits per heavy atom. The van der Waals surface area contributed by atoms with Gasteiger partial charge in [-0.3, -0.25) is 0 Å². The van der Waals surface area contributed by atoms with Crippen molar-refractivity contribution in [3.8, 4) is 5.75 Å². The van der Waals surface area contributed by atoms with E-state index < -0.39 is 13.5 Å². The van der Waals surface area contributed by atoms with Gasteiger partial charge in [0.2, 0.25) is 0 Å². The fourth-order valence-corrected chi connectivity index (χ4v) is 1.20. The molecule has 0 saturated heterocycles. The maximum atomic E-state index is 11.9. The Morgan fingerprint density at radius 3 is 2.07 bits per heavy atom. The van der Waals surface area contributed by atoms with Crippen molar-refractivity contribution < 1.29 is 17.7 Å². The SMILES string of the molecule is Cc1cccc(C)c1OC[B-](F)(F)F. The van der Waals surface area contributed by atoms with Crippen LogP contribution in [-0.4, -0.2) is 13.5 Å². The number of halogens is 3. The van der Waals surface area contributed by atoms with Crippen LogP contribution in [-0.2, 0) is 0 Å². The number of aryl methyl sites for hydroxylation is 2. The monoisotopic (exact) mass is 203 g/mol. The molecule has 0 radical (unpaired) electrons. The van der Waals surface area contributed by atoms with E-state index in [1.807, 2.05) is 0 Å². The molecule has 1 aromatic carbocycles. The summed E-state index contributed by atoms with van der Waals surface area (Å²) in [5.74, 6) is 0.340. The smallest absolute Gasteiger partial charge is 0.515 e. The predicted molar refractivity (Wildman–Crippen MR) is 50.5 cm³/mol. The van der Waals surface area contributed by atoms with Crippen molar-refractivity contribution in [1.82, 2.24) is 0 Å². The summed E-state index contributed by atoms with van der Waals surface area (Å²) in [6.07, 6.45) is 0. The Morgan fingerprint density at radius 2 is 1.64 bits per heavy atom. The van der Waals surface area contributed by atoms with E-state index >= 15 is 0 Å². The molecule has 0 unspecified atom stereocenters. The second-order valence-electron chi connectivity index (χ2n) is 3.24. The molecule has 14 heavy (non-hydrogen) atoms. The molecule has 0 heterocycles. The van der Waals surface area contributed by atoms with Crippen LogP contribution >= 0.6 is 0 Å². The Labute approximate surface area is 80.9 Å². The minimum atomic E-state index is -4.88. The van der Waals surface area contributed by atoms with E-state index in [4.69, 9.17) is 4.74 Å². The zero-order chi connectivity index (χ0) is 10.8. The molecular formula is C9H11BF3O-.